The lowest BCUT2D eigenvalue weighted by Gasteiger charge is -2.05. The van der Waals surface area contributed by atoms with Gasteiger partial charge in [0.2, 0.25) is 0 Å². The molecule has 2 heterocycles. The van der Waals surface area contributed by atoms with E-state index in [-0.39, 0.29) is 6.04 Å². The van der Waals surface area contributed by atoms with Crippen molar-refractivity contribution in [3.05, 3.63) is 41.9 Å². The van der Waals surface area contributed by atoms with Crippen LogP contribution in [0, 0.1) is 6.92 Å². The van der Waals surface area contributed by atoms with Crippen molar-refractivity contribution in [3.8, 4) is 5.82 Å². The van der Waals surface area contributed by atoms with Crippen molar-refractivity contribution in [2.75, 3.05) is 0 Å². The molecule has 1 atom stereocenters. The van der Waals surface area contributed by atoms with E-state index in [0.29, 0.717) is 0 Å². The Hall–Kier alpha value is -1.68. The van der Waals surface area contributed by atoms with Crippen LogP contribution >= 0.6 is 0 Å². The Labute approximate surface area is 95.1 Å². The minimum Gasteiger partial charge on any atom is -0.328 e. The van der Waals surface area contributed by atoms with Crippen LogP contribution in [0.15, 0.2) is 30.6 Å². The van der Waals surface area contributed by atoms with Crippen molar-refractivity contribution in [2.45, 2.75) is 26.3 Å². The van der Waals surface area contributed by atoms with Gasteiger partial charge in [-0.05, 0) is 38.0 Å². The maximum atomic E-state index is 5.73. The molecule has 0 radical (unpaired) electrons. The van der Waals surface area contributed by atoms with Gasteiger partial charge in [-0.25, -0.2) is 9.67 Å². The van der Waals surface area contributed by atoms with E-state index in [4.69, 9.17) is 5.73 Å². The van der Waals surface area contributed by atoms with E-state index >= 15 is 0 Å². The maximum Gasteiger partial charge on any atom is 0.153 e. The summed E-state index contributed by atoms with van der Waals surface area (Å²) in [6.45, 7) is 3.95. The van der Waals surface area contributed by atoms with E-state index in [1.54, 1.807) is 4.68 Å². The summed E-state index contributed by atoms with van der Waals surface area (Å²) in [4.78, 5) is 4.36. The summed E-state index contributed by atoms with van der Waals surface area (Å²) >= 11 is 0. The molecule has 0 amide bonds. The SMILES string of the molecule is Cc1ccn(-c2ccc(CC(C)N)cn2)n1. The largest absolute Gasteiger partial charge is 0.328 e. The first-order chi connectivity index (χ1) is 7.65. The minimum atomic E-state index is 0.166. The Kier molecular flexibility index (Phi) is 3.01. The summed E-state index contributed by atoms with van der Waals surface area (Å²) < 4.78 is 1.77. The van der Waals surface area contributed by atoms with E-state index in [9.17, 15) is 0 Å². The topological polar surface area (TPSA) is 56.7 Å². The van der Waals surface area contributed by atoms with Crippen LogP contribution in [0.2, 0.25) is 0 Å². The number of pyridine rings is 1. The highest BCUT2D eigenvalue weighted by Gasteiger charge is 2.01. The zero-order valence-corrected chi connectivity index (χ0v) is 9.59. The summed E-state index contributed by atoms with van der Waals surface area (Å²) in [7, 11) is 0. The second-order valence-corrected chi connectivity index (χ2v) is 4.11. The highest BCUT2D eigenvalue weighted by molar-refractivity contribution is 5.25. The standard InChI is InChI=1S/C12H16N4/c1-9(13)7-11-3-4-12(14-8-11)16-6-5-10(2)15-16/h3-6,8-9H,7,13H2,1-2H3. The highest BCUT2D eigenvalue weighted by Crippen LogP contribution is 2.07. The molecule has 0 aliphatic carbocycles. The summed E-state index contributed by atoms with van der Waals surface area (Å²) in [5.74, 6) is 0.835. The highest BCUT2D eigenvalue weighted by atomic mass is 15.3. The van der Waals surface area contributed by atoms with Crippen LogP contribution in [-0.4, -0.2) is 20.8 Å². The van der Waals surface area contributed by atoms with Crippen LogP contribution in [0.3, 0.4) is 0 Å². The van der Waals surface area contributed by atoms with E-state index in [1.165, 1.54) is 0 Å². The lowest BCUT2D eigenvalue weighted by atomic mass is 10.1. The fraction of sp³-hybridized carbons (Fsp3) is 0.333. The zero-order valence-electron chi connectivity index (χ0n) is 9.59. The van der Waals surface area contributed by atoms with Crippen molar-refractivity contribution >= 4 is 0 Å². The molecule has 2 rings (SSSR count). The van der Waals surface area contributed by atoms with Gasteiger partial charge in [0.15, 0.2) is 5.82 Å². The summed E-state index contributed by atoms with van der Waals surface area (Å²) in [5, 5.41) is 4.30. The molecule has 0 aliphatic rings. The van der Waals surface area contributed by atoms with E-state index < -0.39 is 0 Å². The summed E-state index contributed by atoms with van der Waals surface area (Å²) in [6.07, 6.45) is 4.62. The molecule has 0 fully saturated rings. The number of aromatic nitrogens is 3. The van der Waals surface area contributed by atoms with Crippen molar-refractivity contribution in [3.63, 3.8) is 0 Å². The van der Waals surface area contributed by atoms with Gasteiger partial charge in [-0.3, -0.25) is 0 Å². The van der Waals surface area contributed by atoms with Crippen molar-refractivity contribution in [2.24, 2.45) is 5.73 Å². The fourth-order valence-corrected chi connectivity index (χ4v) is 1.59. The average molecular weight is 216 g/mol. The molecular formula is C12H16N4. The summed E-state index contributed by atoms with van der Waals surface area (Å²) in [6, 6.07) is 6.13. The molecule has 1 unspecified atom stereocenters. The van der Waals surface area contributed by atoms with E-state index in [2.05, 4.69) is 10.1 Å². The Balaban J connectivity index is 2.19. The van der Waals surface area contributed by atoms with E-state index in [1.807, 2.05) is 44.4 Å². The molecular weight excluding hydrogens is 200 g/mol. The minimum absolute atomic E-state index is 0.166. The van der Waals surface area contributed by atoms with Crippen molar-refractivity contribution in [1.82, 2.24) is 14.8 Å². The Morgan fingerprint density at radius 2 is 2.19 bits per heavy atom. The third-order valence-electron chi connectivity index (χ3n) is 2.32. The molecule has 2 aromatic rings. The molecule has 0 saturated heterocycles. The average Bonchev–Trinajstić information content (AvgIpc) is 2.65. The number of aryl methyl sites for hydroxylation is 1. The van der Waals surface area contributed by atoms with E-state index in [0.717, 1.165) is 23.5 Å². The van der Waals surface area contributed by atoms with Gasteiger partial charge in [-0.1, -0.05) is 6.07 Å². The van der Waals surface area contributed by atoms with Gasteiger partial charge in [0.05, 0.1) is 5.69 Å². The predicted octanol–water partition coefficient (Wildman–Crippen LogP) is 1.47. The molecule has 0 aromatic carbocycles. The first-order valence-electron chi connectivity index (χ1n) is 5.38. The lowest BCUT2D eigenvalue weighted by Crippen LogP contribution is -2.17. The Morgan fingerprint density at radius 3 is 2.69 bits per heavy atom. The molecule has 0 bridgehead atoms. The fourth-order valence-electron chi connectivity index (χ4n) is 1.59. The second-order valence-electron chi connectivity index (χ2n) is 4.11. The smallest absolute Gasteiger partial charge is 0.153 e. The molecule has 2 N–H and O–H groups in total. The molecule has 0 saturated carbocycles. The number of hydrogen-bond donors (Lipinski definition) is 1. The first kappa shape index (κ1) is 10.8. The first-order valence-corrected chi connectivity index (χ1v) is 5.38. The number of hydrogen-bond acceptors (Lipinski definition) is 3. The summed E-state index contributed by atoms with van der Waals surface area (Å²) in [5.41, 5.74) is 7.87. The van der Waals surface area contributed by atoms with Gasteiger partial charge in [-0.15, -0.1) is 0 Å². The molecule has 4 heteroatoms. The number of rotatable bonds is 3. The normalized spacial score (nSPS) is 12.7. The molecule has 16 heavy (non-hydrogen) atoms. The van der Waals surface area contributed by atoms with Crippen LogP contribution in [0.4, 0.5) is 0 Å². The monoisotopic (exact) mass is 216 g/mol. The van der Waals surface area contributed by atoms with Gasteiger partial charge in [0.25, 0.3) is 0 Å². The third kappa shape index (κ3) is 2.46. The van der Waals surface area contributed by atoms with Crippen LogP contribution in [0.1, 0.15) is 18.2 Å². The van der Waals surface area contributed by atoms with Crippen LogP contribution in [0.5, 0.6) is 0 Å². The molecule has 4 nitrogen and oxygen atoms in total. The maximum absolute atomic E-state index is 5.73. The number of nitrogens with zero attached hydrogens (tertiary/aromatic N) is 3. The van der Waals surface area contributed by atoms with Gasteiger partial charge in [0.1, 0.15) is 0 Å². The molecule has 2 aromatic heterocycles. The van der Waals surface area contributed by atoms with Crippen LogP contribution in [-0.2, 0) is 6.42 Å². The third-order valence-corrected chi connectivity index (χ3v) is 2.32. The number of nitrogens with two attached hydrogens (primary N) is 1. The molecule has 0 aliphatic heterocycles. The predicted molar refractivity (Wildman–Crippen MR) is 63.4 cm³/mol. The quantitative estimate of drug-likeness (QED) is 0.845. The van der Waals surface area contributed by atoms with Gasteiger partial charge >= 0.3 is 0 Å². The van der Waals surface area contributed by atoms with Crippen molar-refractivity contribution < 1.29 is 0 Å². The van der Waals surface area contributed by atoms with Gasteiger partial charge < -0.3 is 5.73 Å². The molecule has 84 valence electrons. The zero-order chi connectivity index (χ0) is 11.5. The lowest BCUT2D eigenvalue weighted by molar-refractivity contribution is 0.733. The van der Waals surface area contributed by atoms with Gasteiger partial charge in [0, 0.05) is 18.4 Å². The Bertz CT molecular complexity index is 456. The van der Waals surface area contributed by atoms with Gasteiger partial charge in [-0.2, -0.15) is 5.10 Å². The van der Waals surface area contributed by atoms with Crippen molar-refractivity contribution in [1.29, 1.82) is 0 Å². The van der Waals surface area contributed by atoms with Crippen LogP contribution < -0.4 is 5.73 Å². The Morgan fingerprint density at radius 1 is 1.38 bits per heavy atom. The molecule has 0 spiro atoms. The second kappa shape index (κ2) is 4.45. The van der Waals surface area contributed by atoms with Crippen LogP contribution in [0.25, 0.3) is 5.82 Å².